The maximum absolute atomic E-state index is 11.1. The highest BCUT2D eigenvalue weighted by Gasteiger charge is 2.24. The lowest BCUT2D eigenvalue weighted by Gasteiger charge is -2.15. The largest absolute Gasteiger partial charge is 0.383 e. The molecule has 8 heteroatoms. The number of thioether (sulfide) groups is 1. The van der Waals surface area contributed by atoms with Gasteiger partial charge in [0.05, 0.1) is 18.0 Å². The normalized spacial score (nSPS) is 17.3. The van der Waals surface area contributed by atoms with E-state index in [1.54, 1.807) is 23.6 Å². The summed E-state index contributed by atoms with van der Waals surface area (Å²) in [6.45, 7) is 4.32. The number of methoxy groups -OCH3 is 1. The van der Waals surface area contributed by atoms with Crippen molar-refractivity contribution in [2.24, 2.45) is 5.73 Å². The minimum Gasteiger partial charge on any atom is -0.383 e. The Kier molecular flexibility index (Phi) is 8.04. The molecule has 2 amide bonds. The number of benzene rings is 2. The Labute approximate surface area is 199 Å². The average molecular weight is 466 g/mol. The maximum Gasteiger partial charge on any atom is 0.317 e. The summed E-state index contributed by atoms with van der Waals surface area (Å²) in [6, 6.07) is 20.0. The standard InChI is InChI=1S/C13H19NO.C12H12N4OS/c1-15-10-9-14-8-7-13(11-14)12-5-3-2-4-6-12;13-12(17)14-11-9-6-18-7-10(9)15-16(11)8-4-2-1-3-5-8/h2-6,13H,7-11H2,1H3;1-5H,6-7H2,(H3,13,14,17). The zero-order valence-electron chi connectivity index (χ0n) is 18.9. The van der Waals surface area contributed by atoms with E-state index in [1.807, 2.05) is 30.3 Å². The second-order valence-corrected chi connectivity index (χ2v) is 9.18. The Hall–Kier alpha value is -2.81. The summed E-state index contributed by atoms with van der Waals surface area (Å²) in [4.78, 5) is 13.6. The van der Waals surface area contributed by atoms with Gasteiger partial charge in [-0.15, -0.1) is 0 Å². The van der Waals surface area contributed by atoms with Crippen molar-refractivity contribution >= 4 is 23.6 Å². The number of likely N-dealkylation sites (tertiary alicyclic amines) is 1. The Bertz CT molecular complexity index is 1040. The molecule has 0 aliphatic carbocycles. The molecule has 174 valence electrons. The Morgan fingerprint density at radius 1 is 1.15 bits per heavy atom. The molecular formula is C25H31N5O2S. The summed E-state index contributed by atoms with van der Waals surface area (Å²) in [5.41, 5.74) is 9.72. The van der Waals surface area contributed by atoms with Crippen molar-refractivity contribution < 1.29 is 9.53 Å². The molecule has 2 aromatic carbocycles. The van der Waals surface area contributed by atoms with Gasteiger partial charge in [0.2, 0.25) is 0 Å². The van der Waals surface area contributed by atoms with Crippen molar-refractivity contribution in [2.45, 2.75) is 23.8 Å². The number of rotatable bonds is 6. The third kappa shape index (κ3) is 5.96. The predicted molar refractivity (Wildman–Crippen MR) is 134 cm³/mol. The molecule has 1 fully saturated rings. The second kappa shape index (κ2) is 11.4. The van der Waals surface area contributed by atoms with Crippen LogP contribution in [0.15, 0.2) is 60.7 Å². The lowest BCUT2D eigenvalue weighted by atomic mass is 9.99. The van der Waals surface area contributed by atoms with Gasteiger partial charge in [-0.25, -0.2) is 9.48 Å². The average Bonchev–Trinajstić information content (AvgIpc) is 3.57. The summed E-state index contributed by atoms with van der Waals surface area (Å²) in [6.07, 6.45) is 1.29. The van der Waals surface area contributed by atoms with E-state index >= 15 is 0 Å². The number of nitrogens with zero attached hydrogens (tertiary/aromatic N) is 3. The van der Waals surface area contributed by atoms with Crippen molar-refractivity contribution in [1.82, 2.24) is 14.7 Å². The van der Waals surface area contributed by atoms with Gasteiger partial charge in [0.15, 0.2) is 0 Å². The summed E-state index contributed by atoms with van der Waals surface area (Å²) >= 11 is 1.79. The highest BCUT2D eigenvalue weighted by atomic mass is 32.2. The number of nitrogens with one attached hydrogen (secondary N) is 1. The van der Waals surface area contributed by atoms with Crippen molar-refractivity contribution in [3.63, 3.8) is 0 Å². The van der Waals surface area contributed by atoms with Crippen LogP contribution < -0.4 is 11.1 Å². The van der Waals surface area contributed by atoms with E-state index in [-0.39, 0.29) is 0 Å². The van der Waals surface area contributed by atoms with Crippen LogP contribution in [0.2, 0.25) is 0 Å². The van der Waals surface area contributed by atoms with Gasteiger partial charge >= 0.3 is 6.03 Å². The molecule has 2 aliphatic heterocycles. The van der Waals surface area contributed by atoms with Gasteiger partial charge in [-0.1, -0.05) is 48.5 Å². The lowest BCUT2D eigenvalue weighted by molar-refractivity contribution is 0.160. The summed E-state index contributed by atoms with van der Waals surface area (Å²) in [5.74, 6) is 3.15. The quantitative estimate of drug-likeness (QED) is 0.569. The van der Waals surface area contributed by atoms with E-state index in [4.69, 9.17) is 10.5 Å². The third-order valence-electron chi connectivity index (χ3n) is 5.95. The topological polar surface area (TPSA) is 85.4 Å². The smallest absolute Gasteiger partial charge is 0.317 e. The number of aromatic nitrogens is 2. The van der Waals surface area contributed by atoms with Crippen LogP contribution in [0.5, 0.6) is 0 Å². The highest BCUT2D eigenvalue weighted by molar-refractivity contribution is 7.98. The number of fused-ring (bicyclic) bond motifs is 1. The molecular weight excluding hydrogens is 434 g/mol. The van der Waals surface area contributed by atoms with Crippen LogP contribution in [-0.4, -0.2) is 54.1 Å². The van der Waals surface area contributed by atoms with Gasteiger partial charge in [-0.3, -0.25) is 5.32 Å². The number of urea groups is 1. The minimum absolute atomic E-state index is 0.563. The van der Waals surface area contributed by atoms with Gasteiger partial charge in [0.25, 0.3) is 0 Å². The number of nitrogens with two attached hydrogens (primary N) is 1. The molecule has 0 radical (unpaired) electrons. The van der Waals surface area contributed by atoms with Crippen LogP contribution >= 0.6 is 11.8 Å². The van der Waals surface area contributed by atoms with Crippen molar-refractivity contribution in [1.29, 1.82) is 0 Å². The van der Waals surface area contributed by atoms with E-state index in [0.717, 1.165) is 47.5 Å². The first-order valence-electron chi connectivity index (χ1n) is 11.2. The molecule has 1 atom stereocenters. The molecule has 0 bridgehead atoms. The molecule has 3 aromatic rings. The third-order valence-corrected chi connectivity index (χ3v) is 6.92. The molecule has 1 saturated heterocycles. The Balaban J connectivity index is 0.000000160. The zero-order chi connectivity index (χ0) is 23.0. The number of para-hydroxylation sites is 1. The molecule has 1 unspecified atom stereocenters. The van der Waals surface area contributed by atoms with Crippen LogP contribution in [0.3, 0.4) is 0 Å². The van der Waals surface area contributed by atoms with Crippen LogP contribution in [0.4, 0.5) is 10.6 Å². The minimum atomic E-state index is -0.563. The van der Waals surface area contributed by atoms with Gasteiger partial charge < -0.3 is 15.4 Å². The SMILES string of the molecule is COCCN1CCC(c2ccccc2)C1.NC(=O)Nc1c2c(nn1-c1ccccc1)CSC2. The Morgan fingerprint density at radius 2 is 1.88 bits per heavy atom. The first-order valence-corrected chi connectivity index (χ1v) is 12.4. The number of anilines is 1. The van der Waals surface area contributed by atoms with E-state index in [1.165, 1.54) is 25.1 Å². The molecule has 3 heterocycles. The van der Waals surface area contributed by atoms with Gasteiger partial charge in [0, 0.05) is 37.3 Å². The fourth-order valence-corrected chi connectivity index (χ4v) is 5.30. The number of carbonyl (C=O) groups is 1. The monoisotopic (exact) mass is 465 g/mol. The van der Waals surface area contributed by atoms with Gasteiger partial charge in [-0.2, -0.15) is 16.9 Å². The van der Waals surface area contributed by atoms with Crippen LogP contribution in [-0.2, 0) is 16.2 Å². The van der Waals surface area contributed by atoms with Gasteiger partial charge in [0.1, 0.15) is 5.82 Å². The van der Waals surface area contributed by atoms with Crippen LogP contribution in [0, 0.1) is 0 Å². The van der Waals surface area contributed by atoms with E-state index in [0.29, 0.717) is 5.82 Å². The maximum atomic E-state index is 11.1. The first-order chi connectivity index (χ1) is 16.2. The van der Waals surface area contributed by atoms with E-state index < -0.39 is 6.03 Å². The number of hydrogen-bond acceptors (Lipinski definition) is 5. The van der Waals surface area contributed by atoms with Crippen molar-refractivity contribution in [2.75, 3.05) is 38.7 Å². The van der Waals surface area contributed by atoms with Crippen molar-refractivity contribution in [3.05, 3.63) is 77.5 Å². The van der Waals surface area contributed by atoms with Crippen LogP contribution in [0.1, 0.15) is 29.2 Å². The molecule has 0 saturated carbocycles. The number of amides is 2. The van der Waals surface area contributed by atoms with E-state index in [9.17, 15) is 4.79 Å². The number of primary amides is 1. The Morgan fingerprint density at radius 3 is 2.58 bits per heavy atom. The number of hydrogen-bond donors (Lipinski definition) is 2. The van der Waals surface area contributed by atoms with Gasteiger partial charge in [-0.05, 0) is 36.6 Å². The molecule has 5 rings (SSSR count). The zero-order valence-corrected chi connectivity index (χ0v) is 19.8. The van der Waals surface area contributed by atoms with Crippen LogP contribution in [0.25, 0.3) is 5.69 Å². The molecule has 7 nitrogen and oxygen atoms in total. The second-order valence-electron chi connectivity index (χ2n) is 8.19. The highest BCUT2D eigenvalue weighted by Crippen LogP contribution is 2.35. The summed E-state index contributed by atoms with van der Waals surface area (Å²) < 4.78 is 6.85. The molecule has 0 spiro atoms. The first kappa shape index (κ1) is 23.4. The molecule has 2 aliphatic rings. The molecule has 33 heavy (non-hydrogen) atoms. The predicted octanol–water partition coefficient (Wildman–Crippen LogP) is 4.23. The molecule has 3 N–H and O–H groups in total. The summed E-state index contributed by atoms with van der Waals surface area (Å²) in [5, 5.41) is 7.22. The summed E-state index contributed by atoms with van der Waals surface area (Å²) in [7, 11) is 1.77. The van der Waals surface area contributed by atoms with Crippen molar-refractivity contribution in [3.8, 4) is 5.69 Å². The lowest BCUT2D eigenvalue weighted by Crippen LogP contribution is -2.24. The number of carbonyl (C=O) groups excluding carboxylic acids is 1. The fourth-order valence-electron chi connectivity index (χ4n) is 4.27. The van der Waals surface area contributed by atoms with E-state index in [2.05, 4.69) is 45.6 Å². The number of ether oxygens (including phenoxy) is 1. The molecule has 1 aromatic heterocycles. The fraction of sp³-hybridized carbons (Fsp3) is 0.360.